The Morgan fingerprint density at radius 3 is 2.73 bits per heavy atom. The molecule has 1 aliphatic heterocycles. The zero-order chi connectivity index (χ0) is 17.9. The van der Waals surface area contributed by atoms with Gasteiger partial charge >= 0.3 is 5.95 Å². The van der Waals surface area contributed by atoms with Gasteiger partial charge < -0.3 is 10.0 Å². The van der Waals surface area contributed by atoms with Crippen LogP contribution in [0.25, 0.3) is 11.0 Å². The van der Waals surface area contributed by atoms with Crippen molar-refractivity contribution in [1.82, 2.24) is 4.57 Å². The van der Waals surface area contributed by atoms with Crippen LogP contribution in [0.2, 0.25) is 0 Å². The number of hydrogen-bond donors (Lipinski definition) is 3. The molecule has 138 valence electrons. The number of aromatic nitrogens is 2. The summed E-state index contributed by atoms with van der Waals surface area (Å²) in [5.74, 6) is 0.734. The van der Waals surface area contributed by atoms with Crippen LogP contribution in [0, 0.1) is 0 Å². The highest BCUT2D eigenvalue weighted by Gasteiger charge is 2.25. The monoisotopic (exact) mass is 372 g/mol. The van der Waals surface area contributed by atoms with Crippen molar-refractivity contribution in [2.75, 3.05) is 25.4 Å². The molecule has 3 heterocycles. The molecule has 1 saturated heterocycles. The summed E-state index contributed by atoms with van der Waals surface area (Å²) in [5.41, 5.74) is 8.79. The number of nitrogen functional groups attached to an aromatic ring is 1. The molecule has 4 N–H and O–H groups in total. The van der Waals surface area contributed by atoms with Crippen molar-refractivity contribution >= 4 is 28.3 Å². The molecule has 0 saturated carbocycles. The highest BCUT2D eigenvalue weighted by atomic mass is 32.1. The summed E-state index contributed by atoms with van der Waals surface area (Å²) in [6, 6.07) is 12.3. The summed E-state index contributed by atoms with van der Waals surface area (Å²) < 4.78 is 4.28. The summed E-state index contributed by atoms with van der Waals surface area (Å²) in [6.45, 7) is 5.06. The van der Waals surface area contributed by atoms with Gasteiger partial charge in [-0.15, -0.1) is 11.3 Å². The van der Waals surface area contributed by atoms with Crippen molar-refractivity contribution in [2.24, 2.45) is 0 Å². The van der Waals surface area contributed by atoms with Gasteiger partial charge in [0.15, 0.2) is 0 Å². The third-order valence-corrected chi connectivity index (χ3v) is 6.47. The fourth-order valence-corrected chi connectivity index (χ4v) is 4.76. The smallest absolute Gasteiger partial charge is 0.356 e. The van der Waals surface area contributed by atoms with Crippen LogP contribution in [0.4, 0.5) is 5.95 Å². The SMILES string of the molecule is Nc1n(CC[NH+]2CCCCC2)c2ccccc2[n+]1C[C@@H](O)c1cccs1. The number of benzene rings is 1. The summed E-state index contributed by atoms with van der Waals surface area (Å²) in [4.78, 5) is 2.66. The summed E-state index contributed by atoms with van der Waals surface area (Å²) in [6.07, 6.45) is 3.52. The van der Waals surface area contributed by atoms with Crippen LogP contribution < -0.4 is 15.2 Å². The van der Waals surface area contributed by atoms with E-state index in [2.05, 4.69) is 27.3 Å². The maximum atomic E-state index is 10.6. The third-order valence-electron chi connectivity index (χ3n) is 5.49. The number of hydrogen-bond acceptors (Lipinski definition) is 3. The largest absolute Gasteiger partial charge is 0.384 e. The summed E-state index contributed by atoms with van der Waals surface area (Å²) in [5, 5.41) is 12.6. The first-order valence-electron chi connectivity index (χ1n) is 9.55. The van der Waals surface area contributed by atoms with Gasteiger partial charge in [0.25, 0.3) is 0 Å². The molecule has 0 spiro atoms. The predicted octanol–water partition coefficient (Wildman–Crippen LogP) is 1.37. The van der Waals surface area contributed by atoms with Crippen LogP contribution in [0.3, 0.4) is 0 Å². The Hall–Kier alpha value is -1.89. The molecule has 1 atom stereocenters. The van der Waals surface area contributed by atoms with E-state index in [0.29, 0.717) is 6.54 Å². The number of nitrogens with two attached hydrogens (primary N) is 1. The van der Waals surface area contributed by atoms with Crippen LogP contribution in [-0.2, 0) is 13.1 Å². The highest BCUT2D eigenvalue weighted by Crippen LogP contribution is 2.22. The maximum absolute atomic E-state index is 10.6. The number of quaternary nitrogens is 1. The number of para-hydroxylation sites is 2. The molecule has 6 heteroatoms. The van der Waals surface area contributed by atoms with Crippen LogP contribution in [-0.4, -0.2) is 29.3 Å². The van der Waals surface area contributed by atoms with Crippen molar-refractivity contribution in [2.45, 2.75) is 38.5 Å². The Kier molecular flexibility index (Phi) is 5.24. The Morgan fingerprint density at radius 1 is 1.15 bits per heavy atom. The predicted molar refractivity (Wildman–Crippen MR) is 105 cm³/mol. The van der Waals surface area contributed by atoms with Gasteiger partial charge in [0.05, 0.1) is 13.1 Å². The molecule has 2 aromatic heterocycles. The van der Waals surface area contributed by atoms with E-state index in [1.54, 1.807) is 16.2 Å². The molecule has 1 aromatic carbocycles. The standard InChI is InChI=1S/C20H26N4OS/c21-20-23(13-12-22-10-4-1-5-11-22)16-7-2-3-8-17(16)24(20)15-18(25)19-9-6-14-26-19/h2-3,6-9,14,18,21,25H,1,4-5,10-13,15H2/p+2/t18-/m1/s1. The van der Waals surface area contributed by atoms with E-state index in [9.17, 15) is 5.11 Å². The second kappa shape index (κ2) is 7.78. The lowest BCUT2D eigenvalue weighted by molar-refractivity contribution is -0.905. The lowest BCUT2D eigenvalue weighted by atomic mass is 10.1. The van der Waals surface area contributed by atoms with E-state index in [-0.39, 0.29) is 0 Å². The van der Waals surface area contributed by atoms with Crippen molar-refractivity contribution in [3.05, 3.63) is 46.7 Å². The van der Waals surface area contributed by atoms with Gasteiger partial charge in [-0.25, -0.2) is 9.13 Å². The molecule has 0 amide bonds. The first-order chi connectivity index (χ1) is 12.7. The average molecular weight is 373 g/mol. The van der Waals surface area contributed by atoms with E-state index >= 15 is 0 Å². The number of aliphatic hydroxyl groups excluding tert-OH is 1. The van der Waals surface area contributed by atoms with E-state index in [1.165, 1.54) is 32.4 Å². The quantitative estimate of drug-likeness (QED) is 0.573. The Balaban J connectivity index is 1.60. The summed E-state index contributed by atoms with van der Waals surface area (Å²) >= 11 is 1.58. The molecule has 0 bridgehead atoms. The number of nitrogens with one attached hydrogen (secondary N) is 1. The fourth-order valence-electron chi connectivity index (χ4n) is 4.06. The van der Waals surface area contributed by atoms with Gasteiger partial charge in [0, 0.05) is 4.88 Å². The van der Waals surface area contributed by atoms with Gasteiger partial charge in [-0.05, 0) is 42.8 Å². The number of piperidine rings is 1. The topological polar surface area (TPSA) is 59.5 Å². The molecule has 0 radical (unpaired) electrons. The lowest BCUT2D eigenvalue weighted by Gasteiger charge is -2.22. The molecule has 4 rings (SSSR count). The molecule has 26 heavy (non-hydrogen) atoms. The van der Waals surface area contributed by atoms with Crippen LogP contribution in [0.15, 0.2) is 41.8 Å². The van der Waals surface area contributed by atoms with Crippen molar-refractivity contribution in [3.63, 3.8) is 0 Å². The van der Waals surface area contributed by atoms with Crippen molar-refractivity contribution in [3.8, 4) is 0 Å². The number of likely N-dealkylation sites (tertiary alicyclic amines) is 1. The maximum Gasteiger partial charge on any atom is 0.356 e. The molecule has 5 nitrogen and oxygen atoms in total. The van der Waals surface area contributed by atoms with E-state index in [4.69, 9.17) is 5.73 Å². The number of thiophene rings is 1. The zero-order valence-corrected chi connectivity index (χ0v) is 15.9. The number of imidazole rings is 1. The second-order valence-corrected chi connectivity index (χ2v) is 8.18. The molecule has 0 unspecified atom stereocenters. The minimum atomic E-state index is -0.533. The van der Waals surface area contributed by atoms with E-state index < -0.39 is 6.10 Å². The normalized spacial score (nSPS) is 17.0. The second-order valence-electron chi connectivity index (χ2n) is 7.20. The van der Waals surface area contributed by atoms with Crippen LogP contribution in [0.1, 0.15) is 30.2 Å². The van der Waals surface area contributed by atoms with Gasteiger partial charge in [0.1, 0.15) is 36.8 Å². The number of rotatable bonds is 6. The Labute approximate surface area is 158 Å². The number of fused-ring (bicyclic) bond motifs is 1. The highest BCUT2D eigenvalue weighted by molar-refractivity contribution is 7.10. The van der Waals surface area contributed by atoms with Gasteiger partial charge in [0.2, 0.25) is 0 Å². The minimum Gasteiger partial charge on any atom is -0.384 e. The molecule has 0 aliphatic carbocycles. The first kappa shape index (κ1) is 17.5. The number of nitrogens with zero attached hydrogens (tertiary/aromatic N) is 2. The number of aliphatic hydroxyl groups is 1. The van der Waals surface area contributed by atoms with Crippen LogP contribution in [0.5, 0.6) is 0 Å². The Morgan fingerprint density at radius 2 is 1.96 bits per heavy atom. The number of anilines is 1. The lowest BCUT2D eigenvalue weighted by Crippen LogP contribution is -3.13. The third kappa shape index (κ3) is 3.49. The first-order valence-corrected chi connectivity index (χ1v) is 10.4. The fraction of sp³-hybridized carbons (Fsp3) is 0.450. The Bertz CT molecular complexity index is 852. The summed E-state index contributed by atoms with van der Waals surface area (Å²) in [7, 11) is 0. The molecular weight excluding hydrogens is 344 g/mol. The minimum absolute atomic E-state index is 0.483. The van der Waals surface area contributed by atoms with E-state index in [0.717, 1.165) is 34.9 Å². The average Bonchev–Trinajstić information content (AvgIpc) is 3.29. The van der Waals surface area contributed by atoms with Crippen LogP contribution >= 0.6 is 11.3 Å². The van der Waals surface area contributed by atoms with Gasteiger partial charge in [-0.1, -0.05) is 18.2 Å². The van der Waals surface area contributed by atoms with Crippen molar-refractivity contribution in [1.29, 1.82) is 0 Å². The van der Waals surface area contributed by atoms with Gasteiger partial charge in [-0.2, -0.15) is 0 Å². The molecule has 1 aliphatic rings. The van der Waals surface area contributed by atoms with Crippen molar-refractivity contribution < 1.29 is 14.6 Å². The van der Waals surface area contributed by atoms with Gasteiger partial charge in [-0.3, -0.25) is 5.73 Å². The van der Waals surface area contributed by atoms with E-state index in [1.807, 2.05) is 23.6 Å². The zero-order valence-electron chi connectivity index (χ0n) is 15.1. The molecule has 3 aromatic rings. The molecular formula is C20H28N4OS+2. The molecule has 1 fully saturated rings.